The number of benzene rings is 1. The predicted molar refractivity (Wildman–Crippen MR) is 85.2 cm³/mol. The molecule has 1 heterocycles. The van der Waals surface area contributed by atoms with E-state index in [1.807, 2.05) is 24.3 Å². The summed E-state index contributed by atoms with van der Waals surface area (Å²) in [6.45, 7) is 1.86. The van der Waals surface area contributed by atoms with E-state index in [1.54, 1.807) is 6.26 Å². The molecule has 21 heavy (non-hydrogen) atoms. The fraction of sp³-hybridized carbons (Fsp3) is 0.471. The number of hydrogen-bond donors (Lipinski definition) is 1. The molecule has 1 aliphatic rings. The Bertz CT molecular complexity index is 558. The van der Waals surface area contributed by atoms with Crippen LogP contribution in [0.5, 0.6) is 0 Å². The van der Waals surface area contributed by atoms with Crippen LogP contribution in [0.1, 0.15) is 37.8 Å². The van der Waals surface area contributed by atoms with Gasteiger partial charge in [0, 0.05) is 17.1 Å². The van der Waals surface area contributed by atoms with Crippen molar-refractivity contribution in [2.45, 2.75) is 38.6 Å². The van der Waals surface area contributed by atoms with E-state index in [0.29, 0.717) is 5.89 Å². The Morgan fingerprint density at radius 1 is 1.14 bits per heavy atom. The first-order chi connectivity index (χ1) is 10.3. The van der Waals surface area contributed by atoms with Gasteiger partial charge in [-0.3, -0.25) is 0 Å². The molecule has 0 spiro atoms. The summed E-state index contributed by atoms with van der Waals surface area (Å²) in [5, 5.41) is 4.22. The summed E-state index contributed by atoms with van der Waals surface area (Å²) >= 11 is 5.89. The zero-order chi connectivity index (χ0) is 14.5. The summed E-state index contributed by atoms with van der Waals surface area (Å²) in [6, 6.07) is 7.55. The van der Waals surface area contributed by atoms with Crippen LogP contribution in [0.4, 0.5) is 0 Å². The molecule has 1 N–H and O–H groups in total. The first-order valence-electron chi connectivity index (χ1n) is 7.72. The van der Waals surface area contributed by atoms with Crippen LogP contribution < -0.4 is 5.32 Å². The van der Waals surface area contributed by atoms with Crippen LogP contribution in [0.2, 0.25) is 5.02 Å². The summed E-state index contributed by atoms with van der Waals surface area (Å²) in [7, 11) is 0. The molecular weight excluding hydrogens is 284 g/mol. The molecule has 1 saturated carbocycles. The van der Waals surface area contributed by atoms with E-state index < -0.39 is 0 Å². The maximum atomic E-state index is 5.89. The summed E-state index contributed by atoms with van der Waals surface area (Å²) in [5.74, 6) is 1.49. The Kier molecular flexibility index (Phi) is 4.94. The van der Waals surface area contributed by atoms with Crippen molar-refractivity contribution in [2.75, 3.05) is 6.54 Å². The molecule has 3 rings (SSSR count). The average molecular weight is 305 g/mol. The third kappa shape index (κ3) is 4.08. The molecule has 2 aromatic rings. The van der Waals surface area contributed by atoms with Gasteiger partial charge in [0.05, 0.1) is 5.69 Å². The highest BCUT2D eigenvalue weighted by Gasteiger charge is 2.13. The monoisotopic (exact) mass is 304 g/mol. The van der Waals surface area contributed by atoms with Crippen molar-refractivity contribution >= 4 is 11.6 Å². The van der Waals surface area contributed by atoms with Crippen molar-refractivity contribution in [1.29, 1.82) is 0 Å². The second kappa shape index (κ2) is 7.10. The lowest BCUT2D eigenvalue weighted by atomic mass is 9.89. The van der Waals surface area contributed by atoms with Crippen LogP contribution in [0.25, 0.3) is 11.5 Å². The molecule has 0 aliphatic heterocycles. The van der Waals surface area contributed by atoms with Gasteiger partial charge in [-0.15, -0.1) is 0 Å². The van der Waals surface area contributed by atoms with E-state index in [2.05, 4.69) is 10.3 Å². The van der Waals surface area contributed by atoms with Gasteiger partial charge < -0.3 is 9.73 Å². The highest BCUT2D eigenvalue weighted by molar-refractivity contribution is 6.30. The third-order valence-electron chi connectivity index (χ3n) is 4.11. The number of oxazole rings is 1. The Morgan fingerprint density at radius 2 is 1.90 bits per heavy atom. The number of halogens is 1. The minimum absolute atomic E-state index is 0.654. The molecule has 1 aliphatic carbocycles. The van der Waals surface area contributed by atoms with Crippen LogP contribution in [0, 0.1) is 5.92 Å². The van der Waals surface area contributed by atoms with E-state index in [4.69, 9.17) is 16.0 Å². The molecule has 0 bridgehead atoms. The van der Waals surface area contributed by atoms with E-state index in [1.165, 1.54) is 32.1 Å². The Morgan fingerprint density at radius 3 is 2.67 bits per heavy atom. The molecule has 1 fully saturated rings. The third-order valence-corrected chi connectivity index (χ3v) is 4.36. The molecule has 1 aromatic heterocycles. The fourth-order valence-corrected chi connectivity index (χ4v) is 3.03. The lowest BCUT2D eigenvalue weighted by molar-refractivity contribution is 0.341. The Labute approximate surface area is 130 Å². The average Bonchev–Trinajstić information content (AvgIpc) is 2.98. The highest BCUT2D eigenvalue weighted by atomic mass is 35.5. The van der Waals surface area contributed by atoms with Gasteiger partial charge in [0.15, 0.2) is 0 Å². The fourth-order valence-electron chi connectivity index (χ4n) is 2.91. The van der Waals surface area contributed by atoms with Crippen LogP contribution in [-0.4, -0.2) is 11.5 Å². The minimum Gasteiger partial charge on any atom is -0.444 e. The van der Waals surface area contributed by atoms with Crippen molar-refractivity contribution in [3.05, 3.63) is 41.2 Å². The largest absolute Gasteiger partial charge is 0.444 e. The Balaban J connectivity index is 1.51. The maximum Gasteiger partial charge on any atom is 0.226 e. The van der Waals surface area contributed by atoms with Gasteiger partial charge >= 0.3 is 0 Å². The number of hydrogen-bond acceptors (Lipinski definition) is 3. The van der Waals surface area contributed by atoms with Crippen molar-refractivity contribution < 1.29 is 4.42 Å². The van der Waals surface area contributed by atoms with E-state index in [9.17, 15) is 0 Å². The van der Waals surface area contributed by atoms with E-state index >= 15 is 0 Å². The molecular formula is C17H21ClN2O. The lowest BCUT2D eigenvalue weighted by Gasteiger charge is -2.21. The molecule has 0 saturated heterocycles. The van der Waals surface area contributed by atoms with Crippen LogP contribution >= 0.6 is 11.6 Å². The van der Waals surface area contributed by atoms with Crippen molar-refractivity contribution in [3.8, 4) is 11.5 Å². The van der Waals surface area contributed by atoms with Crippen molar-refractivity contribution in [1.82, 2.24) is 10.3 Å². The van der Waals surface area contributed by atoms with Gasteiger partial charge in [-0.1, -0.05) is 30.9 Å². The Hall–Kier alpha value is -1.32. The molecule has 0 unspecified atom stereocenters. The van der Waals surface area contributed by atoms with Gasteiger partial charge in [-0.2, -0.15) is 0 Å². The van der Waals surface area contributed by atoms with Crippen LogP contribution in [0.15, 0.2) is 34.9 Å². The summed E-state index contributed by atoms with van der Waals surface area (Å²) < 4.78 is 5.54. The predicted octanol–water partition coefficient (Wildman–Crippen LogP) is 4.66. The van der Waals surface area contributed by atoms with E-state index in [-0.39, 0.29) is 0 Å². The smallest absolute Gasteiger partial charge is 0.226 e. The van der Waals surface area contributed by atoms with Gasteiger partial charge in [0.25, 0.3) is 0 Å². The van der Waals surface area contributed by atoms with Crippen LogP contribution in [0.3, 0.4) is 0 Å². The number of rotatable bonds is 5. The van der Waals surface area contributed by atoms with Gasteiger partial charge in [0.1, 0.15) is 6.26 Å². The molecule has 1 aromatic carbocycles. The molecule has 0 atom stereocenters. The molecule has 4 heteroatoms. The van der Waals surface area contributed by atoms with E-state index in [0.717, 1.165) is 35.3 Å². The SMILES string of the molecule is Clc1ccc(-c2nc(CNCC3CCCCC3)co2)cc1. The first kappa shape index (κ1) is 14.6. The quantitative estimate of drug-likeness (QED) is 0.872. The van der Waals surface area contributed by atoms with Crippen molar-refractivity contribution in [3.63, 3.8) is 0 Å². The minimum atomic E-state index is 0.654. The number of aromatic nitrogens is 1. The standard InChI is InChI=1S/C17H21ClN2O/c18-15-8-6-14(7-9-15)17-20-16(12-21-17)11-19-10-13-4-2-1-3-5-13/h6-9,12-13,19H,1-5,10-11H2. The zero-order valence-electron chi connectivity index (χ0n) is 12.1. The molecule has 3 nitrogen and oxygen atoms in total. The molecule has 0 radical (unpaired) electrons. The van der Waals surface area contributed by atoms with Gasteiger partial charge in [-0.05, 0) is 49.6 Å². The second-order valence-corrected chi connectivity index (χ2v) is 6.22. The number of nitrogens with one attached hydrogen (secondary N) is 1. The van der Waals surface area contributed by atoms with Crippen molar-refractivity contribution in [2.24, 2.45) is 5.92 Å². The summed E-state index contributed by atoms with van der Waals surface area (Å²) in [5.41, 5.74) is 1.91. The first-order valence-corrected chi connectivity index (χ1v) is 8.10. The highest BCUT2D eigenvalue weighted by Crippen LogP contribution is 2.23. The van der Waals surface area contributed by atoms with Gasteiger partial charge in [-0.25, -0.2) is 4.98 Å². The second-order valence-electron chi connectivity index (χ2n) is 5.79. The lowest BCUT2D eigenvalue weighted by Crippen LogP contribution is -2.24. The molecule has 112 valence electrons. The molecule has 0 amide bonds. The topological polar surface area (TPSA) is 38.1 Å². The summed E-state index contributed by atoms with van der Waals surface area (Å²) in [6.07, 6.45) is 8.64. The van der Waals surface area contributed by atoms with Gasteiger partial charge in [0.2, 0.25) is 5.89 Å². The number of nitrogens with zero attached hydrogens (tertiary/aromatic N) is 1. The van der Waals surface area contributed by atoms with Crippen LogP contribution in [-0.2, 0) is 6.54 Å². The summed E-state index contributed by atoms with van der Waals surface area (Å²) in [4.78, 5) is 4.52. The maximum absolute atomic E-state index is 5.89. The normalized spacial score (nSPS) is 16.2. The zero-order valence-corrected chi connectivity index (χ0v) is 12.9.